The minimum atomic E-state index is 0.869. The summed E-state index contributed by atoms with van der Waals surface area (Å²) >= 11 is 0. The number of para-hydroxylation sites is 3. The molecule has 0 atom stereocenters. The first kappa shape index (κ1) is 27.5. The van der Waals surface area contributed by atoms with Gasteiger partial charge in [-0.3, -0.25) is 0 Å². The molecule has 2 aromatic heterocycles. The summed E-state index contributed by atoms with van der Waals surface area (Å²) in [6.07, 6.45) is 0. The van der Waals surface area contributed by atoms with E-state index in [1.807, 2.05) is 12.1 Å². The lowest BCUT2D eigenvalue weighted by atomic mass is 9.99. The van der Waals surface area contributed by atoms with Crippen molar-refractivity contribution in [1.29, 1.82) is 0 Å². The summed E-state index contributed by atoms with van der Waals surface area (Å²) in [6.45, 7) is 0. The van der Waals surface area contributed by atoms with Gasteiger partial charge in [0, 0.05) is 49.3 Å². The zero-order valence-electron chi connectivity index (χ0n) is 26.5. The van der Waals surface area contributed by atoms with Gasteiger partial charge in [0.05, 0.1) is 5.69 Å². The number of benzene rings is 8. The predicted octanol–water partition coefficient (Wildman–Crippen LogP) is 13.4. The standard InChI is InChI=1S/C46H29NO2/c1-3-12-30(13-4-1)31-22-25-34(26-23-31)47(33-14-5-2-6-15-33)42-29-41-40-20-11-19-35(45(40)49-46(41)39-18-8-7-16-36(39)42)32-24-27-38-37-17-9-10-21-43(37)48-44(38)28-32/h1-29H. The summed E-state index contributed by atoms with van der Waals surface area (Å²) < 4.78 is 13.1. The number of fused-ring (bicyclic) bond motifs is 8. The zero-order chi connectivity index (χ0) is 32.3. The second kappa shape index (κ2) is 11.0. The Kier molecular flexibility index (Phi) is 6.18. The van der Waals surface area contributed by atoms with E-state index in [1.54, 1.807) is 0 Å². The first-order chi connectivity index (χ1) is 24.3. The van der Waals surface area contributed by atoms with Gasteiger partial charge in [-0.25, -0.2) is 0 Å². The van der Waals surface area contributed by atoms with Crippen molar-refractivity contribution in [2.45, 2.75) is 0 Å². The van der Waals surface area contributed by atoms with Crippen LogP contribution in [0.1, 0.15) is 0 Å². The van der Waals surface area contributed by atoms with Crippen LogP contribution >= 0.6 is 0 Å². The lowest BCUT2D eigenvalue weighted by Crippen LogP contribution is -2.10. The molecule has 0 radical (unpaired) electrons. The van der Waals surface area contributed by atoms with Gasteiger partial charge < -0.3 is 13.7 Å². The smallest absolute Gasteiger partial charge is 0.143 e. The topological polar surface area (TPSA) is 29.5 Å². The lowest BCUT2D eigenvalue weighted by molar-refractivity contribution is 0.669. The van der Waals surface area contributed by atoms with Crippen LogP contribution in [0.4, 0.5) is 17.1 Å². The number of anilines is 3. The molecule has 3 heteroatoms. The fourth-order valence-corrected chi connectivity index (χ4v) is 7.34. The van der Waals surface area contributed by atoms with Crippen LogP contribution in [0.5, 0.6) is 0 Å². The molecule has 0 unspecified atom stereocenters. The van der Waals surface area contributed by atoms with Gasteiger partial charge in [0.2, 0.25) is 0 Å². The SMILES string of the molecule is c1ccc(-c2ccc(N(c3ccccc3)c3cc4c5cccc(-c6ccc7c(c6)oc6ccccc67)c5oc4c4ccccc34)cc2)cc1. The molecule has 3 nitrogen and oxygen atoms in total. The maximum absolute atomic E-state index is 6.88. The second-order valence-electron chi connectivity index (χ2n) is 12.5. The van der Waals surface area contributed by atoms with Gasteiger partial charge >= 0.3 is 0 Å². The van der Waals surface area contributed by atoms with E-state index in [2.05, 4.69) is 169 Å². The molecule has 10 aromatic rings. The summed E-state index contributed by atoms with van der Waals surface area (Å²) in [7, 11) is 0. The van der Waals surface area contributed by atoms with E-state index in [-0.39, 0.29) is 0 Å². The predicted molar refractivity (Wildman–Crippen MR) is 204 cm³/mol. The van der Waals surface area contributed by atoms with Crippen LogP contribution in [-0.4, -0.2) is 0 Å². The Labute approximate surface area is 282 Å². The van der Waals surface area contributed by atoms with E-state index in [0.717, 1.165) is 82.8 Å². The van der Waals surface area contributed by atoms with Crippen molar-refractivity contribution in [2.75, 3.05) is 4.90 Å². The van der Waals surface area contributed by atoms with Crippen molar-refractivity contribution in [3.05, 3.63) is 176 Å². The molecule has 0 bridgehead atoms. The number of nitrogens with zero attached hydrogens (tertiary/aromatic N) is 1. The number of hydrogen-bond acceptors (Lipinski definition) is 3. The van der Waals surface area contributed by atoms with Crippen molar-refractivity contribution in [3.63, 3.8) is 0 Å². The molecular formula is C46H29NO2. The summed E-state index contributed by atoms with van der Waals surface area (Å²) in [5.41, 5.74) is 11.3. The third-order valence-electron chi connectivity index (χ3n) is 9.66. The first-order valence-corrected chi connectivity index (χ1v) is 16.6. The van der Waals surface area contributed by atoms with E-state index in [1.165, 1.54) is 11.1 Å². The number of furan rings is 2. The molecule has 0 aliphatic heterocycles. The summed E-state index contributed by atoms with van der Waals surface area (Å²) in [4.78, 5) is 2.36. The average Bonchev–Trinajstić information content (AvgIpc) is 3.74. The van der Waals surface area contributed by atoms with Gasteiger partial charge in [-0.1, -0.05) is 127 Å². The van der Waals surface area contributed by atoms with Gasteiger partial charge in [0.1, 0.15) is 22.3 Å². The highest BCUT2D eigenvalue weighted by atomic mass is 16.3. The molecule has 8 aromatic carbocycles. The molecule has 49 heavy (non-hydrogen) atoms. The van der Waals surface area contributed by atoms with Crippen molar-refractivity contribution < 1.29 is 8.83 Å². The zero-order valence-corrected chi connectivity index (χ0v) is 26.5. The Hall–Kier alpha value is -6.58. The first-order valence-electron chi connectivity index (χ1n) is 16.6. The molecule has 2 heterocycles. The van der Waals surface area contributed by atoms with Gasteiger partial charge in [-0.2, -0.15) is 0 Å². The van der Waals surface area contributed by atoms with E-state index < -0.39 is 0 Å². The minimum absolute atomic E-state index is 0.869. The van der Waals surface area contributed by atoms with Crippen LogP contribution in [0.25, 0.3) is 76.9 Å². The van der Waals surface area contributed by atoms with Crippen LogP contribution < -0.4 is 4.90 Å². The van der Waals surface area contributed by atoms with E-state index in [9.17, 15) is 0 Å². The highest BCUT2D eigenvalue weighted by Crippen LogP contribution is 2.46. The Morgan fingerprint density at radius 2 is 0.918 bits per heavy atom. The molecular weight excluding hydrogens is 599 g/mol. The van der Waals surface area contributed by atoms with Gasteiger partial charge in [-0.05, 0) is 65.2 Å². The quantitative estimate of drug-likeness (QED) is 0.190. The Balaban J connectivity index is 1.19. The van der Waals surface area contributed by atoms with Gasteiger partial charge in [0.15, 0.2) is 0 Å². The Bertz CT molecular complexity index is 2810. The minimum Gasteiger partial charge on any atom is -0.456 e. The monoisotopic (exact) mass is 627 g/mol. The summed E-state index contributed by atoms with van der Waals surface area (Å²) in [5, 5.41) is 6.60. The van der Waals surface area contributed by atoms with E-state index in [0.29, 0.717) is 0 Å². The largest absolute Gasteiger partial charge is 0.456 e. The Morgan fingerprint density at radius 1 is 0.327 bits per heavy atom. The van der Waals surface area contributed by atoms with Crippen molar-refractivity contribution in [2.24, 2.45) is 0 Å². The number of rotatable bonds is 5. The second-order valence-corrected chi connectivity index (χ2v) is 12.5. The molecule has 0 fully saturated rings. The molecule has 0 N–H and O–H groups in total. The third kappa shape index (κ3) is 4.44. The number of hydrogen-bond donors (Lipinski definition) is 0. The molecule has 230 valence electrons. The van der Waals surface area contributed by atoms with Crippen molar-refractivity contribution in [3.8, 4) is 22.3 Å². The van der Waals surface area contributed by atoms with E-state index in [4.69, 9.17) is 8.83 Å². The van der Waals surface area contributed by atoms with Crippen LogP contribution in [-0.2, 0) is 0 Å². The molecule has 0 amide bonds. The van der Waals surface area contributed by atoms with Crippen molar-refractivity contribution >= 4 is 71.7 Å². The average molecular weight is 628 g/mol. The van der Waals surface area contributed by atoms with Crippen LogP contribution in [0, 0.1) is 0 Å². The maximum atomic E-state index is 6.88. The van der Waals surface area contributed by atoms with Crippen molar-refractivity contribution in [1.82, 2.24) is 0 Å². The molecule has 0 saturated carbocycles. The van der Waals surface area contributed by atoms with Crippen LogP contribution in [0.3, 0.4) is 0 Å². The molecule has 0 aliphatic rings. The van der Waals surface area contributed by atoms with E-state index >= 15 is 0 Å². The van der Waals surface area contributed by atoms with Crippen LogP contribution in [0.15, 0.2) is 185 Å². The summed E-state index contributed by atoms with van der Waals surface area (Å²) in [6, 6.07) is 61.9. The fourth-order valence-electron chi connectivity index (χ4n) is 7.34. The Morgan fingerprint density at radius 3 is 1.73 bits per heavy atom. The molecule has 0 saturated heterocycles. The highest BCUT2D eigenvalue weighted by molar-refractivity contribution is 6.21. The molecule has 0 aliphatic carbocycles. The van der Waals surface area contributed by atoms with Gasteiger partial charge in [0.25, 0.3) is 0 Å². The van der Waals surface area contributed by atoms with Crippen LogP contribution in [0.2, 0.25) is 0 Å². The molecule has 0 spiro atoms. The summed E-state index contributed by atoms with van der Waals surface area (Å²) in [5.74, 6) is 0. The molecule has 10 rings (SSSR count). The lowest BCUT2D eigenvalue weighted by Gasteiger charge is -2.27. The fraction of sp³-hybridized carbons (Fsp3) is 0. The maximum Gasteiger partial charge on any atom is 0.143 e. The van der Waals surface area contributed by atoms with Gasteiger partial charge in [-0.15, -0.1) is 0 Å². The third-order valence-corrected chi connectivity index (χ3v) is 9.66. The normalized spacial score (nSPS) is 11.7. The highest BCUT2D eigenvalue weighted by Gasteiger charge is 2.21.